The van der Waals surface area contributed by atoms with Gasteiger partial charge in [-0.2, -0.15) is 5.10 Å². The Labute approximate surface area is 107 Å². The van der Waals surface area contributed by atoms with E-state index in [1.807, 2.05) is 31.2 Å². The Morgan fingerprint density at radius 2 is 2.22 bits per heavy atom. The molecule has 0 aliphatic heterocycles. The van der Waals surface area contributed by atoms with Crippen LogP contribution in [0, 0.1) is 6.92 Å². The molecule has 4 heteroatoms. The van der Waals surface area contributed by atoms with Crippen LogP contribution in [0.25, 0.3) is 0 Å². The van der Waals surface area contributed by atoms with Crippen LogP contribution in [0.5, 0.6) is 0 Å². The smallest absolute Gasteiger partial charge is 0.170 e. The molecule has 0 bridgehead atoms. The predicted molar refractivity (Wildman–Crippen MR) is 69.5 cm³/mol. The summed E-state index contributed by atoms with van der Waals surface area (Å²) < 4.78 is 1.80. The van der Waals surface area contributed by atoms with Crippen molar-refractivity contribution in [2.45, 2.75) is 33.2 Å². The highest BCUT2D eigenvalue weighted by Gasteiger charge is 2.11. The molecule has 0 atom stereocenters. The summed E-state index contributed by atoms with van der Waals surface area (Å²) >= 11 is 0. The van der Waals surface area contributed by atoms with E-state index in [2.05, 4.69) is 17.0 Å². The zero-order valence-corrected chi connectivity index (χ0v) is 10.8. The number of carbonyl (C=O) groups is 1. The molecule has 0 radical (unpaired) electrons. The molecule has 2 rings (SSSR count). The van der Waals surface area contributed by atoms with Gasteiger partial charge < -0.3 is 0 Å². The van der Waals surface area contributed by atoms with Gasteiger partial charge in [0.05, 0.1) is 6.42 Å². The Morgan fingerprint density at radius 3 is 2.94 bits per heavy atom. The van der Waals surface area contributed by atoms with Crippen molar-refractivity contribution in [2.75, 3.05) is 0 Å². The van der Waals surface area contributed by atoms with E-state index in [0.29, 0.717) is 6.42 Å². The third-order valence-corrected chi connectivity index (χ3v) is 2.79. The second-order valence-electron chi connectivity index (χ2n) is 4.37. The van der Waals surface area contributed by atoms with Gasteiger partial charge in [0.2, 0.25) is 0 Å². The fourth-order valence-electron chi connectivity index (χ4n) is 1.89. The molecule has 0 spiro atoms. The summed E-state index contributed by atoms with van der Waals surface area (Å²) in [7, 11) is 0. The minimum Gasteiger partial charge on any atom is -0.294 e. The third-order valence-electron chi connectivity index (χ3n) is 2.79. The molecule has 0 fully saturated rings. The highest BCUT2D eigenvalue weighted by Crippen LogP contribution is 2.08. The van der Waals surface area contributed by atoms with Gasteiger partial charge in [-0.3, -0.25) is 4.79 Å². The maximum absolute atomic E-state index is 12.1. The van der Waals surface area contributed by atoms with E-state index in [-0.39, 0.29) is 5.78 Å². The number of hydrogen-bond donors (Lipinski definition) is 0. The molecule has 0 amide bonds. The van der Waals surface area contributed by atoms with Crippen LogP contribution in [0.3, 0.4) is 0 Å². The summed E-state index contributed by atoms with van der Waals surface area (Å²) in [4.78, 5) is 16.3. The van der Waals surface area contributed by atoms with Gasteiger partial charge >= 0.3 is 0 Å². The van der Waals surface area contributed by atoms with Crippen molar-refractivity contribution in [1.82, 2.24) is 14.8 Å². The summed E-state index contributed by atoms with van der Waals surface area (Å²) in [5.74, 6) is 0.826. The average Bonchev–Trinajstić information content (AvgIpc) is 2.77. The molecule has 0 N–H and O–H groups in total. The Hall–Kier alpha value is -1.97. The quantitative estimate of drug-likeness (QED) is 0.758. The van der Waals surface area contributed by atoms with Crippen molar-refractivity contribution in [2.24, 2.45) is 0 Å². The van der Waals surface area contributed by atoms with Gasteiger partial charge in [0.15, 0.2) is 5.78 Å². The lowest BCUT2D eigenvalue weighted by molar-refractivity contribution is 0.0989. The van der Waals surface area contributed by atoms with Crippen molar-refractivity contribution < 1.29 is 4.79 Å². The van der Waals surface area contributed by atoms with Crippen molar-refractivity contribution in [3.05, 3.63) is 47.5 Å². The largest absolute Gasteiger partial charge is 0.294 e. The fourth-order valence-corrected chi connectivity index (χ4v) is 1.89. The first-order valence-corrected chi connectivity index (χ1v) is 6.17. The molecule has 2 aromatic rings. The van der Waals surface area contributed by atoms with Crippen LogP contribution in [-0.4, -0.2) is 20.5 Å². The molecule has 0 saturated heterocycles. The van der Waals surface area contributed by atoms with Gasteiger partial charge in [0, 0.05) is 12.1 Å². The predicted octanol–water partition coefficient (Wildman–Crippen LogP) is 2.42. The topological polar surface area (TPSA) is 47.8 Å². The van der Waals surface area contributed by atoms with Crippen molar-refractivity contribution in [1.29, 1.82) is 0 Å². The highest BCUT2D eigenvalue weighted by molar-refractivity contribution is 5.97. The molecule has 0 aliphatic carbocycles. The molecule has 94 valence electrons. The Kier molecular flexibility index (Phi) is 3.87. The molecular formula is C14H17N3O. The molecule has 0 aliphatic rings. The number of rotatable bonds is 5. The average molecular weight is 243 g/mol. The number of aromatic nitrogens is 3. The van der Waals surface area contributed by atoms with Crippen molar-refractivity contribution >= 4 is 5.78 Å². The number of Topliss-reactive ketones (excluding diaryl/α,β-unsaturated/α-hetero) is 1. The third kappa shape index (κ3) is 2.83. The van der Waals surface area contributed by atoms with Crippen LogP contribution in [0.1, 0.15) is 35.1 Å². The SMILES string of the molecule is CCCn1ncnc1CC(=O)c1cccc(C)c1. The number of hydrogen-bond acceptors (Lipinski definition) is 3. The maximum atomic E-state index is 12.1. The van der Waals surface area contributed by atoms with Crippen molar-refractivity contribution in [3.8, 4) is 0 Å². The standard InChI is InChI=1S/C14H17N3O/c1-3-7-17-14(15-10-16-17)9-13(18)12-6-4-5-11(2)8-12/h4-6,8,10H,3,7,9H2,1-2H3. The first-order chi connectivity index (χ1) is 8.70. The molecule has 0 unspecified atom stereocenters. The summed E-state index contributed by atoms with van der Waals surface area (Å²) in [5, 5.41) is 4.12. The van der Waals surface area contributed by atoms with Crippen LogP contribution >= 0.6 is 0 Å². The second kappa shape index (κ2) is 5.58. The van der Waals surface area contributed by atoms with E-state index in [9.17, 15) is 4.79 Å². The lowest BCUT2D eigenvalue weighted by Crippen LogP contribution is -2.11. The first kappa shape index (κ1) is 12.5. The van der Waals surface area contributed by atoms with E-state index in [0.717, 1.165) is 29.9 Å². The molecule has 0 saturated carbocycles. The van der Waals surface area contributed by atoms with Crippen LogP contribution in [0.2, 0.25) is 0 Å². The van der Waals surface area contributed by atoms with E-state index in [1.54, 1.807) is 4.68 Å². The van der Waals surface area contributed by atoms with E-state index in [4.69, 9.17) is 0 Å². The zero-order chi connectivity index (χ0) is 13.0. The lowest BCUT2D eigenvalue weighted by atomic mass is 10.1. The van der Waals surface area contributed by atoms with Gasteiger partial charge in [-0.15, -0.1) is 0 Å². The van der Waals surface area contributed by atoms with E-state index >= 15 is 0 Å². The number of aryl methyl sites for hydroxylation is 2. The molecule has 1 aromatic heterocycles. The Morgan fingerprint density at radius 1 is 1.39 bits per heavy atom. The zero-order valence-electron chi connectivity index (χ0n) is 10.8. The highest BCUT2D eigenvalue weighted by atomic mass is 16.1. The van der Waals surface area contributed by atoms with Gasteiger partial charge in [-0.25, -0.2) is 9.67 Å². The van der Waals surface area contributed by atoms with Crippen LogP contribution in [0.15, 0.2) is 30.6 Å². The van der Waals surface area contributed by atoms with Gasteiger partial charge in [0.1, 0.15) is 12.2 Å². The van der Waals surface area contributed by atoms with E-state index in [1.165, 1.54) is 6.33 Å². The number of nitrogens with zero attached hydrogens (tertiary/aromatic N) is 3. The van der Waals surface area contributed by atoms with Crippen LogP contribution < -0.4 is 0 Å². The second-order valence-corrected chi connectivity index (χ2v) is 4.37. The maximum Gasteiger partial charge on any atom is 0.170 e. The number of benzene rings is 1. The molecule has 1 aromatic carbocycles. The molecular weight excluding hydrogens is 226 g/mol. The fraction of sp³-hybridized carbons (Fsp3) is 0.357. The summed E-state index contributed by atoms with van der Waals surface area (Å²) in [6.07, 6.45) is 2.80. The van der Waals surface area contributed by atoms with Crippen molar-refractivity contribution in [3.63, 3.8) is 0 Å². The molecule has 4 nitrogen and oxygen atoms in total. The number of ketones is 1. The minimum absolute atomic E-state index is 0.0871. The molecule has 18 heavy (non-hydrogen) atoms. The van der Waals surface area contributed by atoms with Crippen LogP contribution in [-0.2, 0) is 13.0 Å². The van der Waals surface area contributed by atoms with Crippen LogP contribution in [0.4, 0.5) is 0 Å². The number of carbonyl (C=O) groups excluding carboxylic acids is 1. The summed E-state index contributed by atoms with van der Waals surface area (Å²) in [6, 6.07) is 7.63. The lowest BCUT2D eigenvalue weighted by Gasteiger charge is -2.04. The first-order valence-electron chi connectivity index (χ1n) is 6.17. The van der Waals surface area contributed by atoms with Gasteiger partial charge in [-0.05, 0) is 19.4 Å². The molecule has 1 heterocycles. The summed E-state index contributed by atoms with van der Waals surface area (Å²) in [5.41, 5.74) is 1.83. The monoisotopic (exact) mass is 243 g/mol. The summed E-state index contributed by atoms with van der Waals surface area (Å²) in [6.45, 7) is 4.86. The Bertz CT molecular complexity index is 545. The Balaban J connectivity index is 2.14. The minimum atomic E-state index is 0.0871. The normalized spacial score (nSPS) is 10.6. The van der Waals surface area contributed by atoms with E-state index < -0.39 is 0 Å². The van der Waals surface area contributed by atoms with Gasteiger partial charge in [-0.1, -0.05) is 30.7 Å². The van der Waals surface area contributed by atoms with Gasteiger partial charge in [0.25, 0.3) is 0 Å².